The van der Waals surface area contributed by atoms with Crippen LogP contribution < -0.4 is 26.7 Å². The van der Waals surface area contributed by atoms with Crippen molar-refractivity contribution in [1.82, 2.24) is 20.5 Å². The molecule has 1 aromatic heterocycles. The fourth-order valence-corrected chi connectivity index (χ4v) is 7.71. The van der Waals surface area contributed by atoms with Gasteiger partial charge in [-0.3, -0.25) is 14.9 Å². The van der Waals surface area contributed by atoms with Crippen molar-refractivity contribution in [2.24, 2.45) is 17.6 Å². The summed E-state index contributed by atoms with van der Waals surface area (Å²) in [6, 6.07) is 29.1. The summed E-state index contributed by atoms with van der Waals surface area (Å²) >= 11 is 0. The molecule has 12 nitrogen and oxygen atoms in total. The third kappa shape index (κ3) is 8.41. The Morgan fingerprint density at radius 3 is 2.43 bits per heavy atom. The van der Waals surface area contributed by atoms with Crippen molar-refractivity contribution in [2.75, 3.05) is 26.2 Å². The van der Waals surface area contributed by atoms with Gasteiger partial charge in [0.2, 0.25) is 5.56 Å². The molecule has 0 aliphatic carbocycles. The Labute approximate surface area is 312 Å². The standard InChI is InChI=1S/C42H45N5O7/c1-25(44-22-37(49)33-13-15-36(48)39-34(33)14-16-38(50)46-39)45-41(51)30-7-5-26(6-8-30)24-53-32-4-2-3-31(21-32)27-9-11-29(12-10-27)40(54-42(43)52)35-23-47-19-17-28(35)18-20-47/h2-16,21,25,28,35,37,40,44,48-49H,17-20,22-24H2,1H3,(H2,43,52)(H,45,51)(H,46,50)/t25-,35+,37+,40+/m1/s1. The second kappa shape index (κ2) is 16.1. The number of aromatic amines is 1. The molecule has 3 aliphatic heterocycles. The number of ether oxygens (including phenoxy) is 2. The molecule has 8 rings (SSSR count). The van der Waals surface area contributed by atoms with Crippen LogP contribution in [0.4, 0.5) is 4.79 Å². The zero-order valence-electron chi connectivity index (χ0n) is 30.0. The summed E-state index contributed by atoms with van der Waals surface area (Å²) in [5.74, 6) is 1.10. The molecule has 2 bridgehead atoms. The summed E-state index contributed by atoms with van der Waals surface area (Å²) in [5.41, 5.74) is 10.3. The van der Waals surface area contributed by atoms with Crippen molar-refractivity contribution < 1.29 is 29.3 Å². The molecule has 3 aliphatic rings. The number of phenolic OH excluding ortho intramolecular Hbond substituents is 1. The number of H-pyrrole nitrogens is 1. The number of hydrogen-bond acceptors (Lipinski definition) is 9. The third-order valence-corrected chi connectivity index (χ3v) is 10.6. The van der Waals surface area contributed by atoms with E-state index in [1.54, 1.807) is 31.2 Å². The van der Waals surface area contributed by atoms with Gasteiger partial charge in [-0.15, -0.1) is 0 Å². The fraction of sp³-hybridized carbons (Fsp3) is 0.310. The Hall–Kier alpha value is -5.69. The molecule has 0 saturated carbocycles. The summed E-state index contributed by atoms with van der Waals surface area (Å²) in [6.07, 6.45) is -0.300. The number of piperidine rings is 3. The van der Waals surface area contributed by atoms with Crippen molar-refractivity contribution in [1.29, 1.82) is 0 Å². The van der Waals surface area contributed by atoms with Gasteiger partial charge in [0.15, 0.2) is 0 Å². The number of rotatable bonds is 13. The van der Waals surface area contributed by atoms with Gasteiger partial charge in [0, 0.05) is 36.0 Å². The lowest BCUT2D eigenvalue weighted by molar-refractivity contribution is -0.0319. The molecular weight excluding hydrogens is 686 g/mol. The Morgan fingerprint density at radius 1 is 0.963 bits per heavy atom. The molecule has 12 heteroatoms. The van der Waals surface area contributed by atoms with Crippen molar-refractivity contribution in [3.05, 3.63) is 130 Å². The van der Waals surface area contributed by atoms with Crippen LogP contribution in [0.2, 0.25) is 0 Å². The highest BCUT2D eigenvalue weighted by Crippen LogP contribution is 2.42. The van der Waals surface area contributed by atoms with Crippen molar-refractivity contribution in [2.45, 2.75) is 44.7 Å². The van der Waals surface area contributed by atoms with Gasteiger partial charge in [0.1, 0.15) is 24.2 Å². The van der Waals surface area contributed by atoms with Crippen LogP contribution in [0.1, 0.15) is 59.0 Å². The number of hydrogen-bond donors (Lipinski definition) is 6. The lowest BCUT2D eigenvalue weighted by atomic mass is 9.74. The largest absolute Gasteiger partial charge is 0.506 e. The summed E-state index contributed by atoms with van der Waals surface area (Å²) in [7, 11) is 0. The van der Waals surface area contributed by atoms with Gasteiger partial charge in [0.25, 0.3) is 5.91 Å². The van der Waals surface area contributed by atoms with Crippen LogP contribution in [0, 0.1) is 11.8 Å². The molecule has 4 heterocycles. The monoisotopic (exact) mass is 731 g/mol. The Kier molecular flexibility index (Phi) is 11.0. The van der Waals surface area contributed by atoms with Gasteiger partial charge in [-0.05, 0) is 103 Å². The molecule has 0 spiro atoms. The van der Waals surface area contributed by atoms with E-state index in [9.17, 15) is 24.6 Å². The molecule has 280 valence electrons. The SMILES string of the molecule is C[C@H](NC[C@H](O)c1ccc(O)c2[nH]c(=O)ccc12)NC(=O)c1ccc(COc2cccc(-c3ccc([C@H](OC(N)=O)[C@H]4CN5CCC4CC5)cc3)c2)cc1. The number of nitrogens with one attached hydrogen (secondary N) is 3. The second-order valence-corrected chi connectivity index (χ2v) is 14.2. The highest BCUT2D eigenvalue weighted by molar-refractivity contribution is 5.94. The van der Waals surface area contributed by atoms with Crippen molar-refractivity contribution in [3.63, 3.8) is 0 Å². The van der Waals surface area contributed by atoms with E-state index in [0.29, 0.717) is 34.8 Å². The van der Waals surface area contributed by atoms with Gasteiger partial charge in [-0.25, -0.2) is 4.79 Å². The first-order valence-electron chi connectivity index (χ1n) is 18.3. The number of aliphatic hydroxyl groups excluding tert-OH is 1. The van der Waals surface area contributed by atoms with Crippen LogP contribution in [0.25, 0.3) is 22.0 Å². The summed E-state index contributed by atoms with van der Waals surface area (Å²) in [5, 5.41) is 27.5. The number of carbonyl (C=O) groups is 2. The molecule has 4 aromatic carbocycles. The van der Waals surface area contributed by atoms with Gasteiger partial charge in [0.05, 0.1) is 17.8 Å². The van der Waals surface area contributed by atoms with E-state index in [4.69, 9.17) is 15.2 Å². The summed E-state index contributed by atoms with van der Waals surface area (Å²) in [4.78, 5) is 41.6. The highest BCUT2D eigenvalue weighted by atomic mass is 16.6. The molecule has 2 amide bonds. The molecule has 4 atom stereocenters. The number of carbonyl (C=O) groups excluding carboxylic acids is 2. The molecule has 0 radical (unpaired) electrons. The van der Waals surface area contributed by atoms with E-state index in [-0.39, 0.29) is 41.3 Å². The Bertz CT molecular complexity index is 2160. The van der Waals surface area contributed by atoms with Gasteiger partial charge in [-0.1, -0.05) is 54.6 Å². The number of aromatic hydroxyl groups is 1. The maximum Gasteiger partial charge on any atom is 0.405 e. The van der Waals surface area contributed by atoms with Crippen LogP contribution >= 0.6 is 0 Å². The minimum absolute atomic E-state index is 0.0827. The predicted octanol–water partition coefficient (Wildman–Crippen LogP) is 5.36. The van der Waals surface area contributed by atoms with Gasteiger partial charge >= 0.3 is 6.09 Å². The van der Waals surface area contributed by atoms with E-state index < -0.39 is 18.4 Å². The van der Waals surface area contributed by atoms with E-state index in [0.717, 1.165) is 54.7 Å². The zero-order chi connectivity index (χ0) is 37.8. The number of amides is 2. The minimum atomic E-state index is -0.957. The average Bonchev–Trinajstić information content (AvgIpc) is 3.19. The normalized spacial score (nSPS) is 19.5. The van der Waals surface area contributed by atoms with E-state index >= 15 is 0 Å². The summed E-state index contributed by atoms with van der Waals surface area (Å²) < 4.78 is 11.8. The number of phenols is 1. The van der Waals surface area contributed by atoms with E-state index in [2.05, 4.69) is 20.5 Å². The van der Waals surface area contributed by atoms with Gasteiger partial charge < -0.3 is 40.6 Å². The molecule has 3 saturated heterocycles. The number of benzene rings is 4. The Balaban J connectivity index is 0.911. The van der Waals surface area contributed by atoms with E-state index in [1.807, 2.05) is 60.7 Å². The predicted molar refractivity (Wildman–Crippen MR) is 205 cm³/mol. The molecule has 0 unspecified atom stereocenters. The molecule has 54 heavy (non-hydrogen) atoms. The van der Waals surface area contributed by atoms with Crippen LogP contribution in [-0.4, -0.2) is 64.4 Å². The first-order valence-corrected chi connectivity index (χ1v) is 18.3. The lowest BCUT2D eigenvalue weighted by Crippen LogP contribution is -2.50. The van der Waals surface area contributed by atoms with Crippen LogP contribution in [-0.2, 0) is 11.3 Å². The minimum Gasteiger partial charge on any atom is -0.506 e. The first kappa shape index (κ1) is 36.7. The first-order chi connectivity index (χ1) is 26.1. The van der Waals surface area contributed by atoms with Crippen LogP contribution in [0.15, 0.2) is 102 Å². The average molecular weight is 732 g/mol. The third-order valence-electron chi connectivity index (χ3n) is 10.6. The number of nitrogens with two attached hydrogens (primary N) is 1. The van der Waals surface area contributed by atoms with Crippen LogP contribution in [0.3, 0.4) is 0 Å². The second-order valence-electron chi connectivity index (χ2n) is 14.2. The summed E-state index contributed by atoms with van der Waals surface area (Å²) in [6.45, 7) is 5.32. The van der Waals surface area contributed by atoms with Crippen LogP contribution in [0.5, 0.6) is 11.5 Å². The zero-order valence-corrected chi connectivity index (χ0v) is 30.0. The lowest BCUT2D eigenvalue weighted by Gasteiger charge is -2.47. The van der Waals surface area contributed by atoms with Gasteiger partial charge in [-0.2, -0.15) is 0 Å². The Morgan fingerprint density at radius 2 is 1.72 bits per heavy atom. The van der Waals surface area contributed by atoms with Crippen molar-refractivity contribution in [3.8, 4) is 22.6 Å². The van der Waals surface area contributed by atoms with E-state index in [1.165, 1.54) is 12.1 Å². The number of aliphatic hydroxyl groups is 1. The maximum absolute atomic E-state index is 13.0. The maximum atomic E-state index is 13.0. The molecule has 5 aromatic rings. The highest BCUT2D eigenvalue weighted by Gasteiger charge is 2.40. The quantitative estimate of drug-likeness (QED) is 0.0871. The topological polar surface area (TPSA) is 179 Å². The number of primary amides is 1. The fourth-order valence-electron chi connectivity index (χ4n) is 7.71. The number of nitrogens with zero attached hydrogens (tertiary/aromatic N) is 1. The smallest absolute Gasteiger partial charge is 0.405 e. The van der Waals surface area contributed by atoms with Crippen molar-refractivity contribution >= 4 is 22.9 Å². The molecular formula is C42H45N5O7. The number of aromatic nitrogens is 1. The number of pyridine rings is 1. The number of fused-ring (bicyclic) bond motifs is 4. The molecule has 7 N–H and O–H groups in total. The molecule has 3 fully saturated rings.